The summed E-state index contributed by atoms with van der Waals surface area (Å²) in [6, 6.07) is 9.01. The minimum atomic E-state index is -5.00. The highest BCUT2D eigenvalue weighted by atomic mass is 32.2. The lowest BCUT2D eigenvalue weighted by Crippen LogP contribution is -2.03. The van der Waals surface area contributed by atoms with Crippen LogP contribution in [0.4, 0.5) is 17.1 Å². The van der Waals surface area contributed by atoms with Crippen molar-refractivity contribution >= 4 is 69.0 Å². The third kappa shape index (κ3) is 4.85. The number of aromatic hydroxyl groups is 1. The van der Waals surface area contributed by atoms with Crippen LogP contribution in [0.5, 0.6) is 5.75 Å². The number of phenolic OH excluding ortho intramolecular Hbond substituents is 1. The number of rotatable bonds is 5. The van der Waals surface area contributed by atoms with E-state index in [9.17, 15) is 44.0 Å². The lowest BCUT2D eigenvalue weighted by molar-refractivity contribution is 0.480. The van der Waals surface area contributed by atoms with Crippen LogP contribution in [-0.4, -0.2) is 44.0 Å². The summed E-state index contributed by atoms with van der Waals surface area (Å²) in [6.07, 6.45) is 0. The standard InChI is InChI=1S/C21H17N3O10S3/c1-10-7-11-8-12(35(26,27)28)9-15(22)18(11)20(25)19(10)24-23-16-6-5-13-14(21(16)37(32,33)34)3-2-4-17(13)36(29,30)31/h2-9,25H,22H2,1H3,(H,26,27,28)(H,29,30,31)(H,32,33,34). The minimum Gasteiger partial charge on any atom is -0.505 e. The van der Waals surface area contributed by atoms with Crippen molar-refractivity contribution < 1.29 is 44.0 Å². The molecule has 0 atom stereocenters. The normalized spacial score (nSPS) is 13.1. The van der Waals surface area contributed by atoms with Crippen molar-refractivity contribution in [1.29, 1.82) is 0 Å². The van der Waals surface area contributed by atoms with Gasteiger partial charge in [-0.1, -0.05) is 18.2 Å². The predicted molar refractivity (Wildman–Crippen MR) is 132 cm³/mol. The molecule has 0 unspecified atom stereocenters. The van der Waals surface area contributed by atoms with Gasteiger partial charge >= 0.3 is 0 Å². The van der Waals surface area contributed by atoms with E-state index in [-0.39, 0.29) is 38.5 Å². The van der Waals surface area contributed by atoms with Crippen LogP contribution in [0, 0.1) is 6.92 Å². The third-order valence-electron chi connectivity index (χ3n) is 5.42. The Kier molecular flexibility index (Phi) is 6.22. The van der Waals surface area contributed by atoms with Crippen molar-refractivity contribution in [2.45, 2.75) is 21.6 Å². The fourth-order valence-corrected chi connectivity index (χ4v) is 5.98. The fourth-order valence-electron chi connectivity index (χ4n) is 3.90. The summed E-state index contributed by atoms with van der Waals surface area (Å²) >= 11 is 0. The number of nitrogen functional groups attached to an aromatic ring is 1. The van der Waals surface area contributed by atoms with Crippen molar-refractivity contribution in [2.24, 2.45) is 10.2 Å². The molecule has 0 heterocycles. The molecule has 4 aromatic rings. The van der Waals surface area contributed by atoms with Crippen LogP contribution in [0.25, 0.3) is 21.5 Å². The molecule has 4 aromatic carbocycles. The first-order chi connectivity index (χ1) is 17.0. The van der Waals surface area contributed by atoms with Gasteiger partial charge in [-0.05, 0) is 48.2 Å². The van der Waals surface area contributed by atoms with Gasteiger partial charge < -0.3 is 10.8 Å². The Hall–Kier alpha value is -3.67. The average Bonchev–Trinajstić information content (AvgIpc) is 2.75. The van der Waals surface area contributed by atoms with E-state index in [4.69, 9.17) is 5.73 Å². The Labute approximate surface area is 210 Å². The number of hydrogen-bond acceptors (Lipinski definition) is 10. The molecule has 37 heavy (non-hydrogen) atoms. The van der Waals surface area contributed by atoms with Crippen LogP contribution >= 0.6 is 0 Å². The second kappa shape index (κ2) is 8.72. The van der Waals surface area contributed by atoms with Crippen molar-refractivity contribution in [3.05, 3.63) is 54.1 Å². The molecule has 0 radical (unpaired) electrons. The summed E-state index contributed by atoms with van der Waals surface area (Å²) in [6.45, 7) is 1.48. The van der Waals surface area contributed by atoms with Crippen LogP contribution in [0.15, 0.2) is 73.4 Å². The van der Waals surface area contributed by atoms with Gasteiger partial charge in [-0.3, -0.25) is 13.7 Å². The van der Waals surface area contributed by atoms with E-state index in [1.165, 1.54) is 19.1 Å². The van der Waals surface area contributed by atoms with Crippen molar-refractivity contribution in [2.75, 3.05) is 5.73 Å². The van der Waals surface area contributed by atoms with E-state index >= 15 is 0 Å². The van der Waals surface area contributed by atoms with E-state index in [1.54, 1.807) is 0 Å². The quantitative estimate of drug-likeness (QED) is 0.132. The molecule has 0 saturated heterocycles. The first-order valence-corrected chi connectivity index (χ1v) is 14.3. The summed E-state index contributed by atoms with van der Waals surface area (Å²) < 4.78 is 99.5. The third-order valence-corrected chi connectivity index (χ3v) is 8.11. The maximum Gasteiger partial charge on any atom is 0.297 e. The number of anilines is 1. The number of azo groups is 1. The molecule has 6 N–H and O–H groups in total. The maximum absolute atomic E-state index is 12.2. The summed E-state index contributed by atoms with van der Waals surface area (Å²) in [4.78, 5) is -1.89. The van der Waals surface area contributed by atoms with Gasteiger partial charge in [0.05, 0.1) is 4.90 Å². The van der Waals surface area contributed by atoms with Gasteiger partial charge in [-0.2, -0.15) is 25.3 Å². The molecule has 0 amide bonds. The number of aryl methyl sites for hydroxylation is 1. The molecule has 0 bridgehead atoms. The van der Waals surface area contributed by atoms with Gasteiger partial charge in [-0.25, -0.2) is 0 Å². The second-order valence-electron chi connectivity index (χ2n) is 7.89. The molecule has 0 aliphatic rings. The Balaban J connectivity index is 1.96. The Morgan fingerprint density at radius 1 is 0.784 bits per heavy atom. The fraction of sp³-hybridized carbons (Fsp3) is 0.0476. The average molecular weight is 568 g/mol. The number of nitrogens with zero attached hydrogens (tertiary/aromatic N) is 2. The molecule has 13 nitrogen and oxygen atoms in total. The Morgan fingerprint density at radius 3 is 2.05 bits per heavy atom. The number of benzene rings is 4. The first kappa shape index (κ1) is 26.4. The van der Waals surface area contributed by atoms with Gasteiger partial charge in [0.1, 0.15) is 21.2 Å². The first-order valence-electron chi connectivity index (χ1n) is 9.96. The molecule has 0 fully saturated rings. The SMILES string of the molecule is Cc1cc2cc(S(=O)(=O)O)cc(N)c2c(O)c1N=Nc1ccc2c(S(=O)(=O)O)cccc2c1S(=O)(=O)O. The minimum absolute atomic E-state index is 0.0155. The molecular weight excluding hydrogens is 550 g/mol. The second-order valence-corrected chi connectivity index (χ2v) is 12.1. The smallest absolute Gasteiger partial charge is 0.297 e. The van der Waals surface area contributed by atoms with Gasteiger partial charge in [0.15, 0.2) is 5.75 Å². The number of fused-ring (bicyclic) bond motifs is 2. The predicted octanol–water partition coefficient (Wildman–Crippen LogP) is 3.74. The summed E-state index contributed by atoms with van der Waals surface area (Å²) in [5.74, 6) is -0.527. The zero-order valence-corrected chi connectivity index (χ0v) is 21.0. The van der Waals surface area contributed by atoms with E-state index in [0.29, 0.717) is 0 Å². The zero-order valence-electron chi connectivity index (χ0n) is 18.6. The Morgan fingerprint density at radius 2 is 1.46 bits per heavy atom. The molecule has 0 aliphatic heterocycles. The highest BCUT2D eigenvalue weighted by molar-refractivity contribution is 7.86. The molecular formula is C21H17N3O10S3. The van der Waals surface area contributed by atoms with Crippen molar-refractivity contribution in [3.63, 3.8) is 0 Å². The van der Waals surface area contributed by atoms with E-state index in [1.807, 2.05) is 0 Å². The monoisotopic (exact) mass is 567 g/mol. The lowest BCUT2D eigenvalue weighted by Gasteiger charge is -2.12. The maximum atomic E-state index is 12.2. The summed E-state index contributed by atoms with van der Waals surface area (Å²) in [5.41, 5.74) is 5.34. The van der Waals surface area contributed by atoms with Gasteiger partial charge in [0.2, 0.25) is 0 Å². The van der Waals surface area contributed by atoms with Crippen molar-refractivity contribution in [1.82, 2.24) is 0 Å². The summed E-state index contributed by atoms with van der Waals surface area (Å²) in [5, 5.41) is 18.2. The lowest BCUT2D eigenvalue weighted by atomic mass is 10.0. The highest BCUT2D eigenvalue weighted by Crippen LogP contribution is 2.43. The van der Waals surface area contributed by atoms with Crippen LogP contribution < -0.4 is 5.73 Å². The van der Waals surface area contributed by atoms with E-state index < -0.39 is 56.5 Å². The number of nitrogens with two attached hydrogens (primary N) is 1. The van der Waals surface area contributed by atoms with Crippen molar-refractivity contribution in [3.8, 4) is 5.75 Å². The van der Waals surface area contributed by atoms with Crippen LogP contribution in [-0.2, 0) is 30.4 Å². The van der Waals surface area contributed by atoms with Gasteiger partial charge in [-0.15, -0.1) is 10.2 Å². The largest absolute Gasteiger partial charge is 0.505 e. The topological polar surface area (TPSA) is 234 Å². The molecule has 0 aromatic heterocycles. The van der Waals surface area contributed by atoms with Crippen LogP contribution in [0.3, 0.4) is 0 Å². The van der Waals surface area contributed by atoms with Gasteiger partial charge in [0, 0.05) is 21.8 Å². The molecule has 16 heteroatoms. The van der Waals surface area contributed by atoms with Gasteiger partial charge in [0.25, 0.3) is 30.4 Å². The van der Waals surface area contributed by atoms with E-state index in [2.05, 4.69) is 10.2 Å². The Bertz CT molecular complexity index is 1990. The van der Waals surface area contributed by atoms with E-state index in [0.717, 1.165) is 36.4 Å². The molecule has 0 spiro atoms. The molecule has 4 rings (SSSR count). The summed E-state index contributed by atoms with van der Waals surface area (Å²) in [7, 11) is -14.3. The molecule has 194 valence electrons. The molecule has 0 saturated carbocycles. The highest BCUT2D eigenvalue weighted by Gasteiger charge is 2.24. The molecule has 0 aliphatic carbocycles. The zero-order chi connectivity index (χ0) is 27.5. The van der Waals surface area contributed by atoms with Crippen LogP contribution in [0.2, 0.25) is 0 Å². The number of hydrogen-bond donors (Lipinski definition) is 5. The number of phenols is 1. The van der Waals surface area contributed by atoms with Crippen LogP contribution in [0.1, 0.15) is 5.56 Å².